The Morgan fingerprint density at radius 3 is 2.92 bits per heavy atom. The van der Waals surface area contributed by atoms with Crippen LogP contribution in [0.25, 0.3) is 0 Å². The SMILES string of the molecule is CCC1=NCC(SC2=C(OC(=O)O)N3C(=O)C(C(C)O)[C@@H]3S2)CN1. The van der Waals surface area contributed by atoms with Gasteiger partial charge >= 0.3 is 6.16 Å². The smallest absolute Gasteiger partial charge is 0.449 e. The van der Waals surface area contributed by atoms with E-state index in [0.717, 1.165) is 18.8 Å². The van der Waals surface area contributed by atoms with Gasteiger partial charge in [0.1, 0.15) is 9.61 Å². The number of fused-ring (bicyclic) bond motifs is 1. The summed E-state index contributed by atoms with van der Waals surface area (Å²) in [7, 11) is 0. The first-order valence-electron chi connectivity index (χ1n) is 7.69. The lowest BCUT2D eigenvalue weighted by atomic mass is 9.93. The third kappa shape index (κ3) is 3.09. The van der Waals surface area contributed by atoms with Crippen LogP contribution in [0, 0.1) is 5.92 Å². The van der Waals surface area contributed by atoms with Crippen LogP contribution in [0.1, 0.15) is 20.3 Å². The molecule has 1 amide bonds. The summed E-state index contributed by atoms with van der Waals surface area (Å²) in [6.07, 6.45) is -1.39. The van der Waals surface area contributed by atoms with Crippen molar-refractivity contribution in [3.05, 3.63) is 10.1 Å². The zero-order chi connectivity index (χ0) is 17.4. The Labute approximate surface area is 147 Å². The van der Waals surface area contributed by atoms with Gasteiger partial charge in [-0.2, -0.15) is 0 Å². The van der Waals surface area contributed by atoms with Crippen LogP contribution in [0.3, 0.4) is 0 Å². The molecule has 8 nitrogen and oxygen atoms in total. The van der Waals surface area contributed by atoms with Crippen LogP contribution < -0.4 is 5.32 Å². The molecule has 4 atom stereocenters. The van der Waals surface area contributed by atoms with Gasteiger partial charge in [-0.1, -0.05) is 18.7 Å². The summed E-state index contributed by atoms with van der Waals surface area (Å²) in [5, 5.41) is 21.8. The van der Waals surface area contributed by atoms with Gasteiger partial charge in [-0.25, -0.2) is 4.79 Å². The van der Waals surface area contributed by atoms with Crippen LogP contribution in [-0.2, 0) is 9.53 Å². The monoisotopic (exact) mass is 373 g/mol. The molecule has 0 bridgehead atoms. The average molecular weight is 373 g/mol. The van der Waals surface area contributed by atoms with E-state index in [0.29, 0.717) is 10.8 Å². The number of aliphatic hydroxyl groups is 1. The highest BCUT2D eigenvalue weighted by molar-refractivity contribution is 8.23. The van der Waals surface area contributed by atoms with E-state index in [1.807, 2.05) is 6.92 Å². The number of carboxylic acid groups (broad SMARTS) is 1. The van der Waals surface area contributed by atoms with Crippen molar-refractivity contribution in [1.29, 1.82) is 0 Å². The fourth-order valence-corrected chi connectivity index (χ4v) is 5.86. The summed E-state index contributed by atoms with van der Waals surface area (Å²) < 4.78 is 5.52. The zero-order valence-corrected chi connectivity index (χ0v) is 14.9. The predicted molar refractivity (Wildman–Crippen MR) is 91.5 cm³/mol. The Hall–Kier alpha value is -1.39. The molecular weight excluding hydrogens is 354 g/mol. The lowest BCUT2D eigenvalue weighted by Gasteiger charge is -2.43. The minimum Gasteiger partial charge on any atom is -0.449 e. The van der Waals surface area contributed by atoms with Gasteiger partial charge in [0.2, 0.25) is 11.8 Å². The zero-order valence-electron chi connectivity index (χ0n) is 13.3. The van der Waals surface area contributed by atoms with Gasteiger partial charge in [0.05, 0.1) is 24.4 Å². The highest BCUT2D eigenvalue weighted by atomic mass is 32.2. The number of carbonyl (C=O) groups is 2. The molecule has 132 valence electrons. The summed E-state index contributed by atoms with van der Waals surface area (Å²) in [5.74, 6) is 0.196. The highest BCUT2D eigenvalue weighted by Gasteiger charge is 2.57. The average Bonchev–Trinajstić information content (AvgIpc) is 2.80. The summed E-state index contributed by atoms with van der Waals surface area (Å²) in [6, 6.07) is 0. The summed E-state index contributed by atoms with van der Waals surface area (Å²) in [6.45, 7) is 4.94. The van der Waals surface area contributed by atoms with E-state index < -0.39 is 18.2 Å². The minimum absolute atomic E-state index is 0.0645. The van der Waals surface area contributed by atoms with Crippen molar-refractivity contribution >= 4 is 41.4 Å². The molecule has 1 fully saturated rings. The van der Waals surface area contributed by atoms with E-state index in [1.165, 1.54) is 28.4 Å². The summed E-state index contributed by atoms with van der Waals surface area (Å²) >= 11 is 2.84. The fraction of sp³-hybridized carbons (Fsp3) is 0.643. The molecule has 3 aliphatic heterocycles. The number of ether oxygens (including phenoxy) is 1. The molecule has 3 rings (SSSR count). The quantitative estimate of drug-likeness (QED) is 0.487. The molecule has 3 heterocycles. The minimum atomic E-state index is -1.45. The van der Waals surface area contributed by atoms with Gasteiger partial charge < -0.3 is 20.3 Å². The Morgan fingerprint density at radius 1 is 1.62 bits per heavy atom. The van der Waals surface area contributed by atoms with Crippen molar-refractivity contribution in [2.24, 2.45) is 10.9 Å². The van der Waals surface area contributed by atoms with Crippen LogP contribution in [0.4, 0.5) is 4.79 Å². The number of β-lactam (4-membered cyclic amide) rings is 1. The maximum Gasteiger partial charge on any atom is 0.512 e. The van der Waals surface area contributed by atoms with Crippen molar-refractivity contribution < 1.29 is 24.5 Å². The summed E-state index contributed by atoms with van der Waals surface area (Å²) in [4.78, 5) is 28.9. The van der Waals surface area contributed by atoms with Crippen molar-refractivity contribution in [2.45, 2.75) is 37.0 Å². The van der Waals surface area contributed by atoms with E-state index in [-0.39, 0.29) is 22.4 Å². The number of aliphatic hydroxyl groups excluding tert-OH is 1. The predicted octanol–water partition coefficient (Wildman–Crippen LogP) is 1.23. The molecule has 0 aliphatic carbocycles. The van der Waals surface area contributed by atoms with E-state index >= 15 is 0 Å². The van der Waals surface area contributed by atoms with Gasteiger partial charge in [0.25, 0.3) is 0 Å². The maximum atomic E-state index is 12.2. The lowest BCUT2D eigenvalue weighted by molar-refractivity contribution is -0.155. The molecule has 3 aliphatic rings. The second kappa shape index (κ2) is 6.85. The number of thioether (sulfide) groups is 2. The Morgan fingerprint density at radius 2 is 2.38 bits per heavy atom. The second-order valence-corrected chi connectivity index (χ2v) is 8.40. The van der Waals surface area contributed by atoms with Crippen LogP contribution >= 0.6 is 23.5 Å². The summed E-state index contributed by atoms with van der Waals surface area (Å²) in [5.41, 5.74) is 0. The largest absolute Gasteiger partial charge is 0.512 e. The van der Waals surface area contributed by atoms with E-state index in [4.69, 9.17) is 9.84 Å². The van der Waals surface area contributed by atoms with Gasteiger partial charge in [-0.15, -0.1) is 11.8 Å². The maximum absolute atomic E-state index is 12.2. The fourth-order valence-electron chi connectivity index (χ4n) is 2.81. The molecule has 0 spiro atoms. The van der Waals surface area contributed by atoms with E-state index in [1.54, 1.807) is 6.92 Å². The van der Waals surface area contributed by atoms with Gasteiger partial charge in [-0.3, -0.25) is 14.7 Å². The van der Waals surface area contributed by atoms with Gasteiger partial charge in [0, 0.05) is 18.2 Å². The Kier molecular flexibility index (Phi) is 4.97. The second-order valence-electron chi connectivity index (χ2n) is 5.71. The standard InChI is InChI=1S/C14H19N3O5S2/c1-3-8-15-4-7(5-16-8)23-13-11(22-14(20)21)17-10(19)9(6(2)18)12(17)24-13/h6-7,9,12,18H,3-5H2,1-2H3,(H,15,16)(H,20,21)/t6?,9?,12-/m0/s1. The number of aliphatic imine (C=N–C) groups is 1. The number of hydrogen-bond donors (Lipinski definition) is 3. The van der Waals surface area contributed by atoms with Crippen molar-refractivity contribution in [2.75, 3.05) is 13.1 Å². The number of rotatable bonds is 5. The first-order valence-corrected chi connectivity index (χ1v) is 9.45. The van der Waals surface area contributed by atoms with E-state index in [9.17, 15) is 14.7 Å². The first kappa shape index (κ1) is 17.4. The molecule has 3 N–H and O–H groups in total. The third-order valence-corrected chi connectivity index (χ3v) is 6.79. The van der Waals surface area contributed by atoms with Crippen molar-refractivity contribution in [3.8, 4) is 0 Å². The molecule has 1 saturated heterocycles. The van der Waals surface area contributed by atoms with Crippen LogP contribution in [0.2, 0.25) is 0 Å². The van der Waals surface area contributed by atoms with Crippen LogP contribution in [0.15, 0.2) is 15.1 Å². The number of amidine groups is 1. The van der Waals surface area contributed by atoms with E-state index in [2.05, 4.69) is 10.3 Å². The topological polar surface area (TPSA) is 111 Å². The molecule has 0 aromatic heterocycles. The molecule has 0 aromatic rings. The third-order valence-electron chi connectivity index (χ3n) is 4.04. The normalized spacial score (nSPS) is 30.3. The van der Waals surface area contributed by atoms with Crippen LogP contribution in [-0.4, -0.2) is 62.8 Å². The molecule has 3 unspecified atom stereocenters. The van der Waals surface area contributed by atoms with Gasteiger partial charge in [-0.05, 0) is 6.92 Å². The number of nitrogens with zero attached hydrogens (tertiary/aromatic N) is 2. The Bertz CT molecular complexity index is 622. The molecule has 10 heteroatoms. The molecule has 0 aromatic carbocycles. The molecule has 24 heavy (non-hydrogen) atoms. The number of nitrogens with one attached hydrogen (secondary N) is 1. The highest BCUT2D eigenvalue weighted by Crippen LogP contribution is 2.54. The van der Waals surface area contributed by atoms with Crippen molar-refractivity contribution in [1.82, 2.24) is 10.2 Å². The molecule has 0 saturated carbocycles. The molecule has 0 radical (unpaired) electrons. The van der Waals surface area contributed by atoms with Crippen LogP contribution in [0.5, 0.6) is 0 Å². The Balaban J connectivity index is 1.75. The number of carbonyl (C=O) groups excluding carboxylic acids is 1. The first-order chi connectivity index (χ1) is 11.4. The number of amides is 1. The lowest BCUT2D eigenvalue weighted by Crippen LogP contribution is -2.60. The number of hydrogen-bond acceptors (Lipinski definition) is 8. The van der Waals surface area contributed by atoms with Crippen molar-refractivity contribution in [3.63, 3.8) is 0 Å². The van der Waals surface area contributed by atoms with Gasteiger partial charge in [0.15, 0.2) is 0 Å². The molecular formula is C14H19N3O5S2.